The largest absolute Gasteiger partial charge is 0.502 e. The lowest BCUT2D eigenvalue weighted by atomic mass is 10.1. The number of fused-ring (bicyclic) bond motifs is 1. The molecule has 1 aliphatic rings. The van der Waals surface area contributed by atoms with Crippen molar-refractivity contribution < 1.29 is 22.7 Å². The van der Waals surface area contributed by atoms with Gasteiger partial charge >= 0.3 is 0 Å². The molecule has 140 valence electrons. The number of phenolic OH excluding ortho intramolecular Hbond substituents is 1. The number of hydrogen-bond acceptors (Lipinski definition) is 7. The van der Waals surface area contributed by atoms with Crippen LogP contribution in [-0.4, -0.2) is 48.3 Å². The van der Waals surface area contributed by atoms with Gasteiger partial charge in [0.25, 0.3) is 5.56 Å². The number of hydrogen-bond donors (Lipinski definition) is 2. The summed E-state index contributed by atoms with van der Waals surface area (Å²) in [6.45, 7) is 1.11. The first kappa shape index (κ1) is 18.3. The van der Waals surface area contributed by atoms with Gasteiger partial charge in [-0.25, -0.2) is 17.8 Å². The van der Waals surface area contributed by atoms with Crippen LogP contribution < -0.4 is 10.3 Å². The molecule has 1 aromatic carbocycles. The molecule has 0 amide bonds. The van der Waals surface area contributed by atoms with E-state index in [1.54, 1.807) is 0 Å². The number of H-pyrrole nitrogens is 1. The third-order valence-corrected chi connectivity index (χ3v) is 5.09. The Morgan fingerprint density at radius 3 is 2.81 bits per heavy atom. The molecule has 2 N–H and O–H groups in total. The Labute approximate surface area is 149 Å². The van der Waals surface area contributed by atoms with Crippen LogP contribution in [0.5, 0.6) is 11.5 Å². The predicted octanol–water partition coefficient (Wildman–Crippen LogP) is 0.585. The number of methoxy groups -OCH3 is 1. The Kier molecular flexibility index (Phi) is 4.72. The molecule has 8 nitrogen and oxygen atoms in total. The molecule has 0 bridgehead atoms. The molecule has 10 heteroatoms. The minimum atomic E-state index is -3.63. The fraction of sp³-hybridized carbons (Fsp3) is 0.375. The highest BCUT2D eigenvalue weighted by Gasteiger charge is 2.24. The number of aromatic hydroxyl groups is 1. The smallest absolute Gasteiger partial charge is 0.255 e. The highest BCUT2D eigenvalue weighted by Crippen LogP contribution is 2.31. The number of phenols is 1. The molecule has 0 fully saturated rings. The summed E-state index contributed by atoms with van der Waals surface area (Å²) in [5.41, 5.74) is 0.982. The van der Waals surface area contributed by atoms with E-state index in [4.69, 9.17) is 4.74 Å². The van der Waals surface area contributed by atoms with Gasteiger partial charge < -0.3 is 9.84 Å². The van der Waals surface area contributed by atoms with Gasteiger partial charge in [0.15, 0.2) is 17.3 Å². The fourth-order valence-electron chi connectivity index (χ4n) is 2.91. The Bertz CT molecular complexity index is 1020. The van der Waals surface area contributed by atoms with E-state index in [-0.39, 0.29) is 17.5 Å². The van der Waals surface area contributed by atoms with Crippen molar-refractivity contribution in [2.45, 2.75) is 24.7 Å². The Morgan fingerprint density at radius 2 is 2.15 bits per heavy atom. The van der Waals surface area contributed by atoms with Crippen molar-refractivity contribution >= 4 is 9.84 Å². The summed E-state index contributed by atoms with van der Waals surface area (Å²) < 4.78 is 42.0. The maximum atomic E-state index is 13.8. The quantitative estimate of drug-likeness (QED) is 0.743. The number of halogens is 1. The Morgan fingerprint density at radius 1 is 1.42 bits per heavy atom. The number of sulfone groups is 1. The lowest BCUT2D eigenvalue weighted by Crippen LogP contribution is -2.35. The topological polar surface area (TPSA) is 113 Å². The van der Waals surface area contributed by atoms with E-state index >= 15 is 0 Å². The first-order valence-corrected chi connectivity index (χ1v) is 9.68. The fourth-order valence-corrected chi connectivity index (χ4v) is 3.47. The second-order valence-corrected chi connectivity index (χ2v) is 8.09. The maximum absolute atomic E-state index is 13.8. The van der Waals surface area contributed by atoms with E-state index in [1.807, 2.05) is 4.90 Å². The zero-order valence-electron chi connectivity index (χ0n) is 14.2. The lowest BCUT2D eigenvalue weighted by Gasteiger charge is -2.27. The number of aromatic nitrogens is 2. The maximum Gasteiger partial charge on any atom is 0.255 e. The van der Waals surface area contributed by atoms with Gasteiger partial charge in [-0.2, -0.15) is 0 Å². The van der Waals surface area contributed by atoms with E-state index in [9.17, 15) is 22.7 Å². The van der Waals surface area contributed by atoms with E-state index in [0.29, 0.717) is 36.3 Å². The average molecular weight is 383 g/mol. The van der Waals surface area contributed by atoms with E-state index in [1.165, 1.54) is 19.2 Å². The van der Waals surface area contributed by atoms with Crippen molar-refractivity contribution in [1.29, 1.82) is 0 Å². The predicted molar refractivity (Wildman–Crippen MR) is 90.4 cm³/mol. The van der Waals surface area contributed by atoms with Gasteiger partial charge in [-0.3, -0.25) is 14.7 Å². The summed E-state index contributed by atoms with van der Waals surface area (Å²) in [7, 11) is -2.30. The third kappa shape index (κ3) is 3.56. The van der Waals surface area contributed by atoms with E-state index < -0.39 is 27.0 Å². The van der Waals surface area contributed by atoms with Crippen LogP contribution in [0.3, 0.4) is 0 Å². The van der Waals surface area contributed by atoms with Gasteiger partial charge in [0.05, 0.1) is 12.8 Å². The van der Waals surface area contributed by atoms with Crippen LogP contribution in [0.4, 0.5) is 4.39 Å². The second kappa shape index (κ2) is 6.69. The van der Waals surface area contributed by atoms with Crippen LogP contribution in [0.25, 0.3) is 0 Å². The summed E-state index contributed by atoms with van der Waals surface area (Å²) in [5, 5.41) is 9.22. The Hall–Kier alpha value is -2.46. The highest BCUT2D eigenvalue weighted by atomic mass is 32.2. The molecule has 0 unspecified atom stereocenters. The molecule has 1 aromatic heterocycles. The monoisotopic (exact) mass is 383 g/mol. The number of nitrogens with zero attached hydrogens (tertiary/aromatic N) is 2. The minimum Gasteiger partial charge on any atom is -0.502 e. The molecule has 26 heavy (non-hydrogen) atoms. The standard InChI is InChI=1S/C16H18FN3O5S/c1-25-13-6-9(5-11(17)14(13)21)7-20-4-3-10-12(8-20)18-16(19-15(10)22)26(2,23)24/h5-6,21H,3-4,7-8H2,1-2H3,(H,18,19,22). The van der Waals surface area contributed by atoms with Gasteiger partial charge in [0.1, 0.15) is 0 Å². The van der Waals surface area contributed by atoms with E-state index in [2.05, 4.69) is 9.97 Å². The average Bonchev–Trinajstić information content (AvgIpc) is 2.56. The molecule has 2 aromatic rings. The molecule has 0 radical (unpaired) electrons. The molecule has 2 heterocycles. The van der Waals surface area contributed by atoms with Crippen LogP contribution in [0.1, 0.15) is 16.8 Å². The molecular formula is C16H18FN3O5S. The summed E-state index contributed by atoms with van der Waals surface area (Å²) in [6, 6.07) is 2.74. The number of rotatable bonds is 4. The molecule has 1 aliphatic heterocycles. The van der Waals surface area contributed by atoms with Gasteiger partial charge in [-0.05, 0) is 24.1 Å². The van der Waals surface area contributed by atoms with Crippen molar-refractivity contribution in [3.8, 4) is 11.5 Å². The first-order chi connectivity index (χ1) is 12.2. The molecule has 0 saturated carbocycles. The molecule has 3 rings (SSSR count). The molecule has 0 aliphatic carbocycles. The zero-order valence-corrected chi connectivity index (χ0v) is 15.1. The van der Waals surface area contributed by atoms with Crippen LogP contribution in [0.15, 0.2) is 22.1 Å². The normalized spacial score (nSPS) is 14.9. The van der Waals surface area contributed by atoms with Crippen molar-refractivity contribution in [3.05, 3.63) is 45.1 Å². The van der Waals surface area contributed by atoms with Gasteiger partial charge in [0, 0.05) is 31.5 Å². The number of nitrogens with one attached hydrogen (secondary N) is 1. The van der Waals surface area contributed by atoms with Gasteiger partial charge in [-0.15, -0.1) is 0 Å². The lowest BCUT2D eigenvalue weighted by molar-refractivity contribution is 0.238. The van der Waals surface area contributed by atoms with E-state index in [0.717, 1.165) is 6.26 Å². The van der Waals surface area contributed by atoms with Crippen molar-refractivity contribution in [2.24, 2.45) is 0 Å². The Balaban J connectivity index is 1.88. The van der Waals surface area contributed by atoms with Crippen LogP contribution in [0.2, 0.25) is 0 Å². The SMILES string of the molecule is COc1cc(CN2CCc3c(nc(S(C)(=O)=O)[nH]c3=O)C2)cc(F)c1O. The zero-order chi connectivity index (χ0) is 19.1. The summed E-state index contributed by atoms with van der Waals surface area (Å²) in [5.74, 6) is -1.30. The summed E-state index contributed by atoms with van der Waals surface area (Å²) in [4.78, 5) is 20.4. The van der Waals surface area contributed by atoms with Crippen LogP contribution in [0, 0.1) is 5.82 Å². The van der Waals surface area contributed by atoms with Gasteiger partial charge in [-0.1, -0.05) is 0 Å². The minimum absolute atomic E-state index is 0.0336. The molecular weight excluding hydrogens is 365 g/mol. The van der Waals surface area contributed by atoms with Crippen LogP contribution in [-0.2, 0) is 29.3 Å². The summed E-state index contributed by atoms with van der Waals surface area (Å²) >= 11 is 0. The molecule has 0 saturated heterocycles. The first-order valence-electron chi connectivity index (χ1n) is 7.79. The van der Waals surface area contributed by atoms with Gasteiger partial charge in [0.2, 0.25) is 15.0 Å². The highest BCUT2D eigenvalue weighted by molar-refractivity contribution is 7.90. The number of aromatic amines is 1. The van der Waals surface area contributed by atoms with Crippen molar-refractivity contribution in [3.63, 3.8) is 0 Å². The third-order valence-electron chi connectivity index (χ3n) is 4.20. The molecule has 0 atom stereocenters. The number of ether oxygens (including phenoxy) is 1. The second-order valence-electron chi connectivity index (χ2n) is 6.16. The van der Waals surface area contributed by atoms with Crippen molar-refractivity contribution in [1.82, 2.24) is 14.9 Å². The van der Waals surface area contributed by atoms with Crippen LogP contribution >= 0.6 is 0 Å². The molecule has 0 spiro atoms. The number of benzene rings is 1. The van der Waals surface area contributed by atoms with Crippen molar-refractivity contribution in [2.75, 3.05) is 19.9 Å². The summed E-state index contributed by atoms with van der Waals surface area (Å²) in [6.07, 6.45) is 1.38.